The Kier molecular flexibility index (Phi) is 4.44. The van der Waals surface area contributed by atoms with E-state index >= 15 is 0 Å². The second-order valence-corrected chi connectivity index (χ2v) is 9.42. The minimum Gasteiger partial charge on any atom is -0.359 e. The van der Waals surface area contributed by atoms with E-state index in [-0.39, 0.29) is 0 Å². The van der Waals surface area contributed by atoms with E-state index in [1.165, 1.54) is 25.7 Å². The number of hydrogen-bond acceptors (Lipinski definition) is 2. The Labute approximate surface area is 167 Å². The fourth-order valence-corrected chi connectivity index (χ4v) is 6.17. The number of fused-ring (bicyclic) bond motifs is 4. The molecule has 26 heavy (non-hydrogen) atoms. The third-order valence-electron chi connectivity index (χ3n) is 7.03. The van der Waals surface area contributed by atoms with Crippen molar-refractivity contribution in [2.75, 3.05) is 26.2 Å². The van der Waals surface area contributed by atoms with Crippen LogP contribution < -0.4 is 10.6 Å². The van der Waals surface area contributed by atoms with Crippen molar-refractivity contribution in [3.05, 3.63) is 24.3 Å². The van der Waals surface area contributed by atoms with Gasteiger partial charge in [0, 0.05) is 38.3 Å². The monoisotopic (exact) mass is 388 g/mol. The zero-order valence-electron chi connectivity index (χ0n) is 15.1. The molecule has 1 aliphatic heterocycles. The van der Waals surface area contributed by atoms with Gasteiger partial charge in [0.1, 0.15) is 0 Å². The van der Waals surface area contributed by atoms with Crippen LogP contribution in [0.2, 0.25) is 0 Å². The smallest absolute Gasteiger partial charge is 0.169 e. The molecular weight excluding hydrogens is 360 g/mol. The molecule has 2 saturated carbocycles. The van der Waals surface area contributed by atoms with Gasteiger partial charge in [0.25, 0.3) is 0 Å². The average Bonchev–Trinajstić information content (AvgIpc) is 3.43. The highest BCUT2D eigenvalue weighted by Crippen LogP contribution is 2.39. The zero-order chi connectivity index (χ0) is 17.7. The SMILES string of the molecule is S=C(N[C@@H]1C[C@@H]2C=C[C@@H]1C2)N1CCN(C(=S)N[C@@H]2C[C@@H]3C=C[C@@H]2C3)CC1. The van der Waals surface area contributed by atoms with E-state index in [0.717, 1.165) is 48.2 Å². The van der Waals surface area contributed by atoms with Gasteiger partial charge in [0.05, 0.1) is 0 Å². The minimum atomic E-state index is 0.545. The van der Waals surface area contributed by atoms with Gasteiger partial charge in [-0.05, 0) is 73.8 Å². The summed E-state index contributed by atoms with van der Waals surface area (Å²) in [7, 11) is 0. The lowest BCUT2D eigenvalue weighted by molar-refractivity contribution is 0.249. The second kappa shape index (κ2) is 6.79. The minimum absolute atomic E-state index is 0.545. The van der Waals surface area contributed by atoms with E-state index in [2.05, 4.69) is 44.7 Å². The summed E-state index contributed by atoms with van der Waals surface area (Å²) in [6.45, 7) is 3.84. The molecule has 2 N–H and O–H groups in total. The molecule has 140 valence electrons. The lowest BCUT2D eigenvalue weighted by Gasteiger charge is -2.39. The summed E-state index contributed by atoms with van der Waals surface area (Å²) in [6, 6.07) is 1.09. The van der Waals surface area contributed by atoms with Crippen molar-refractivity contribution in [1.29, 1.82) is 0 Å². The van der Waals surface area contributed by atoms with Crippen molar-refractivity contribution < 1.29 is 0 Å². The molecule has 0 aromatic heterocycles. The zero-order valence-corrected chi connectivity index (χ0v) is 16.8. The molecule has 0 radical (unpaired) electrons. The highest BCUT2D eigenvalue weighted by Gasteiger charge is 2.38. The standard InChI is InChI=1S/C20H28N4S2/c25-19(21-17-11-13-1-3-15(17)9-13)23-5-7-24(8-6-23)20(26)22-18-12-14-2-4-16(18)10-14/h1-4,13-18H,5-12H2,(H,21,25)(H,22,26)/t13-,14-,15-,16-,17-,18-/m1/s1. The number of allylic oxidation sites excluding steroid dienone is 2. The van der Waals surface area contributed by atoms with Crippen molar-refractivity contribution >= 4 is 34.7 Å². The number of hydrogen-bond donors (Lipinski definition) is 2. The lowest BCUT2D eigenvalue weighted by atomic mass is 10.0. The molecule has 4 bridgehead atoms. The van der Waals surface area contributed by atoms with Gasteiger partial charge < -0.3 is 20.4 Å². The molecule has 5 aliphatic rings. The van der Waals surface area contributed by atoms with Crippen LogP contribution in [0.4, 0.5) is 0 Å². The Morgan fingerprint density at radius 3 is 1.38 bits per heavy atom. The maximum atomic E-state index is 5.70. The van der Waals surface area contributed by atoms with Gasteiger partial charge in [-0.2, -0.15) is 0 Å². The van der Waals surface area contributed by atoms with Crippen LogP contribution in [0.15, 0.2) is 24.3 Å². The van der Waals surface area contributed by atoms with Gasteiger partial charge in [-0.3, -0.25) is 0 Å². The summed E-state index contributed by atoms with van der Waals surface area (Å²) in [5.41, 5.74) is 0. The molecule has 1 heterocycles. The average molecular weight is 389 g/mol. The van der Waals surface area contributed by atoms with Crippen molar-refractivity contribution in [3.63, 3.8) is 0 Å². The molecule has 4 nitrogen and oxygen atoms in total. The van der Waals surface area contributed by atoms with E-state index in [4.69, 9.17) is 24.4 Å². The molecule has 4 aliphatic carbocycles. The molecule has 0 amide bonds. The quantitative estimate of drug-likeness (QED) is 0.558. The van der Waals surface area contributed by atoms with E-state index in [1.54, 1.807) is 0 Å². The normalized spacial score (nSPS) is 39.7. The van der Waals surface area contributed by atoms with Crippen LogP contribution in [0, 0.1) is 23.7 Å². The first-order chi connectivity index (χ1) is 12.7. The maximum Gasteiger partial charge on any atom is 0.169 e. The highest BCUT2D eigenvalue weighted by molar-refractivity contribution is 7.80. The van der Waals surface area contributed by atoms with E-state index in [1.807, 2.05) is 0 Å². The van der Waals surface area contributed by atoms with Gasteiger partial charge >= 0.3 is 0 Å². The lowest BCUT2D eigenvalue weighted by Crippen LogP contribution is -2.57. The molecule has 6 heteroatoms. The summed E-state index contributed by atoms with van der Waals surface area (Å²) in [5.74, 6) is 2.93. The summed E-state index contributed by atoms with van der Waals surface area (Å²) in [6.07, 6.45) is 14.6. The van der Waals surface area contributed by atoms with Crippen molar-refractivity contribution in [1.82, 2.24) is 20.4 Å². The van der Waals surface area contributed by atoms with Crippen LogP contribution in [0.1, 0.15) is 25.7 Å². The summed E-state index contributed by atoms with van der Waals surface area (Å²) in [5, 5.41) is 9.14. The summed E-state index contributed by atoms with van der Waals surface area (Å²) in [4.78, 5) is 4.65. The Bertz CT molecular complexity index is 596. The van der Waals surface area contributed by atoms with E-state index < -0.39 is 0 Å². The Hall–Kier alpha value is -1.14. The van der Waals surface area contributed by atoms with E-state index in [0.29, 0.717) is 23.9 Å². The molecule has 0 unspecified atom stereocenters. The number of nitrogens with one attached hydrogen (secondary N) is 2. The molecule has 3 fully saturated rings. The number of rotatable bonds is 2. The molecule has 1 saturated heterocycles. The number of thiocarbonyl (C=S) groups is 2. The van der Waals surface area contributed by atoms with Crippen LogP contribution in [0.25, 0.3) is 0 Å². The topological polar surface area (TPSA) is 30.5 Å². The third-order valence-corrected chi connectivity index (χ3v) is 7.78. The predicted molar refractivity (Wildman–Crippen MR) is 113 cm³/mol. The summed E-state index contributed by atoms with van der Waals surface area (Å²) >= 11 is 11.4. The Balaban J connectivity index is 1.08. The molecular formula is C20H28N4S2. The molecule has 0 aromatic rings. The van der Waals surface area contributed by atoms with Crippen molar-refractivity contribution in [2.24, 2.45) is 23.7 Å². The van der Waals surface area contributed by atoms with Crippen LogP contribution >= 0.6 is 24.4 Å². The van der Waals surface area contributed by atoms with E-state index in [9.17, 15) is 0 Å². The fourth-order valence-electron chi connectivity index (χ4n) is 5.51. The molecule has 0 spiro atoms. The van der Waals surface area contributed by atoms with Gasteiger partial charge in [-0.15, -0.1) is 0 Å². The predicted octanol–water partition coefficient (Wildman–Crippen LogP) is 2.28. The van der Waals surface area contributed by atoms with Crippen LogP contribution in [0.5, 0.6) is 0 Å². The first-order valence-electron chi connectivity index (χ1n) is 10.1. The van der Waals surface area contributed by atoms with Gasteiger partial charge in [-0.25, -0.2) is 0 Å². The Morgan fingerprint density at radius 1 is 0.654 bits per heavy atom. The second-order valence-electron chi connectivity index (χ2n) is 8.65. The van der Waals surface area contributed by atoms with Crippen molar-refractivity contribution in [3.8, 4) is 0 Å². The van der Waals surface area contributed by atoms with Crippen molar-refractivity contribution in [2.45, 2.75) is 37.8 Å². The Morgan fingerprint density at radius 2 is 1.08 bits per heavy atom. The fraction of sp³-hybridized carbons (Fsp3) is 0.700. The van der Waals surface area contributed by atoms with Gasteiger partial charge in [-0.1, -0.05) is 24.3 Å². The van der Waals surface area contributed by atoms with Gasteiger partial charge in [0.2, 0.25) is 0 Å². The van der Waals surface area contributed by atoms with Crippen LogP contribution in [0.3, 0.4) is 0 Å². The highest BCUT2D eigenvalue weighted by atomic mass is 32.1. The number of nitrogens with zero attached hydrogens (tertiary/aromatic N) is 2. The molecule has 5 rings (SSSR count). The molecule has 0 aromatic carbocycles. The first-order valence-corrected chi connectivity index (χ1v) is 10.9. The van der Waals surface area contributed by atoms with Crippen LogP contribution in [-0.2, 0) is 0 Å². The molecule has 6 atom stereocenters. The van der Waals surface area contributed by atoms with Crippen LogP contribution in [-0.4, -0.2) is 58.3 Å². The third kappa shape index (κ3) is 3.15. The van der Waals surface area contributed by atoms with Gasteiger partial charge in [0.15, 0.2) is 10.2 Å². The first kappa shape index (κ1) is 17.0. The number of piperazine rings is 1. The summed E-state index contributed by atoms with van der Waals surface area (Å²) < 4.78 is 0. The maximum absolute atomic E-state index is 5.70. The largest absolute Gasteiger partial charge is 0.359 e.